The standard InChI is InChI=1S/C11H13N3O3/c1-8(2)7-12-11(15)13-9-3-5-10(6-4-9)14(16)17/h3-7H,1-2H3,(H2,12,13,15). The molecule has 0 unspecified atom stereocenters. The molecule has 0 radical (unpaired) electrons. The molecule has 0 aromatic heterocycles. The summed E-state index contributed by atoms with van der Waals surface area (Å²) in [5, 5.41) is 15.5. The summed E-state index contributed by atoms with van der Waals surface area (Å²) < 4.78 is 0. The van der Waals surface area contributed by atoms with E-state index in [0.29, 0.717) is 5.69 Å². The molecule has 0 spiro atoms. The summed E-state index contributed by atoms with van der Waals surface area (Å²) in [4.78, 5) is 21.3. The van der Waals surface area contributed by atoms with Gasteiger partial charge in [0.15, 0.2) is 0 Å². The Hall–Kier alpha value is -2.37. The molecule has 6 heteroatoms. The summed E-state index contributed by atoms with van der Waals surface area (Å²) in [5.41, 5.74) is 1.44. The lowest BCUT2D eigenvalue weighted by Crippen LogP contribution is -2.24. The highest BCUT2D eigenvalue weighted by atomic mass is 16.6. The molecule has 2 amide bonds. The first-order chi connectivity index (χ1) is 7.99. The predicted molar refractivity (Wildman–Crippen MR) is 64.7 cm³/mol. The van der Waals surface area contributed by atoms with Gasteiger partial charge in [0.05, 0.1) is 4.92 Å². The number of nitro benzene ring substituents is 1. The molecule has 0 heterocycles. The molecular weight excluding hydrogens is 222 g/mol. The minimum atomic E-state index is -0.493. The van der Waals surface area contributed by atoms with Crippen molar-refractivity contribution < 1.29 is 9.72 Å². The lowest BCUT2D eigenvalue weighted by atomic mass is 10.3. The fourth-order valence-corrected chi connectivity index (χ4v) is 1.04. The van der Waals surface area contributed by atoms with Crippen LogP contribution in [0.1, 0.15) is 13.8 Å². The minimum absolute atomic E-state index is 0.0137. The van der Waals surface area contributed by atoms with Gasteiger partial charge >= 0.3 is 6.03 Å². The fourth-order valence-electron chi connectivity index (χ4n) is 1.04. The largest absolute Gasteiger partial charge is 0.323 e. The molecule has 0 aliphatic heterocycles. The molecule has 0 saturated carbocycles. The number of rotatable bonds is 3. The molecule has 0 atom stereocenters. The van der Waals surface area contributed by atoms with Gasteiger partial charge in [-0.2, -0.15) is 0 Å². The van der Waals surface area contributed by atoms with Gasteiger partial charge in [-0.15, -0.1) is 0 Å². The first kappa shape index (κ1) is 12.7. The Morgan fingerprint density at radius 1 is 1.29 bits per heavy atom. The van der Waals surface area contributed by atoms with Crippen LogP contribution in [0.15, 0.2) is 36.0 Å². The van der Waals surface area contributed by atoms with Crippen LogP contribution in [0.5, 0.6) is 0 Å². The van der Waals surface area contributed by atoms with E-state index in [9.17, 15) is 14.9 Å². The Morgan fingerprint density at radius 2 is 1.88 bits per heavy atom. The molecule has 1 aromatic carbocycles. The topological polar surface area (TPSA) is 84.3 Å². The van der Waals surface area contributed by atoms with E-state index in [4.69, 9.17) is 0 Å². The zero-order valence-electron chi connectivity index (χ0n) is 9.56. The van der Waals surface area contributed by atoms with Crippen LogP contribution in [0.3, 0.4) is 0 Å². The zero-order chi connectivity index (χ0) is 12.8. The number of urea groups is 1. The van der Waals surface area contributed by atoms with E-state index in [0.717, 1.165) is 5.57 Å². The number of carbonyl (C=O) groups is 1. The van der Waals surface area contributed by atoms with Crippen LogP contribution in [0.4, 0.5) is 16.2 Å². The van der Waals surface area contributed by atoms with Crippen LogP contribution in [0, 0.1) is 10.1 Å². The van der Waals surface area contributed by atoms with Crippen molar-refractivity contribution in [2.45, 2.75) is 13.8 Å². The molecule has 90 valence electrons. The van der Waals surface area contributed by atoms with Crippen molar-refractivity contribution in [3.63, 3.8) is 0 Å². The van der Waals surface area contributed by atoms with Gasteiger partial charge in [0.1, 0.15) is 0 Å². The maximum atomic E-state index is 11.3. The Balaban J connectivity index is 2.60. The third-order valence-electron chi connectivity index (χ3n) is 1.83. The van der Waals surface area contributed by atoms with Crippen molar-refractivity contribution in [2.75, 3.05) is 5.32 Å². The first-order valence-corrected chi connectivity index (χ1v) is 4.94. The molecule has 0 bridgehead atoms. The summed E-state index contributed by atoms with van der Waals surface area (Å²) in [6.07, 6.45) is 1.57. The van der Waals surface area contributed by atoms with E-state index in [1.54, 1.807) is 6.20 Å². The van der Waals surface area contributed by atoms with Crippen LogP contribution in [-0.2, 0) is 0 Å². The SMILES string of the molecule is CC(C)=CNC(=O)Nc1ccc([N+](=O)[O-])cc1. The molecule has 0 aliphatic carbocycles. The number of anilines is 1. The van der Waals surface area contributed by atoms with Crippen molar-refractivity contribution in [3.05, 3.63) is 46.2 Å². The van der Waals surface area contributed by atoms with Gasteiger partial charge < -0.3 is 10.6 Å². The number of non-ortho nitro benzene ring substituents is 1. The number of nitrogens with zero attached hydrogens (tertiary/aromatic N) is 1. The second-order valence-corrected chi connectivity index (χ2v) is 3.62. The van der Waals surface area contributed by atoms with Crippen LogP contribution in [0.2, 0.25) is 0 Å². The quantitative estimate of drug-likeness (QED) is 0.623. The smallest absolute Gasteiger partial charge is 0.314 e. The van der Waals surface area contributed by atoms with Crippen molar-refractivity contribution in [1.29, 1.82) is 0 Å². The Bertz CT molecular complexity index is 448. The van der Waals surface area contributed by atoms with Gasteiger partial charge in [-0.25, -0.2) is 4.79 Å². The normalized spacial score (nSPS) is 9.29. The number of nitrogens with one attached hydrogen (secondary N) is 2. The molecular formula is C11H13N3O3. The Labute approximate surface area is 98.5 Å². The minimum Gasteiger partial charge on any atom is -0.314 e. The third kappa shape index (κ3) is 4.33. The molecule has 1 rings (SSSR count). The third-order valence-corrected chi connectivity index (χ3v) is 1.83. The average Bonchev–Trinajstić information content (AvgIpc) is 2.27. The average molecular weight is 235 g/mol. The van der Waals surface area contributed by atoms with Crippen molar-refractivity contribution in [1.82, 2.24) is 5.32 Å². The zero-order valence-corrected chi connectivity index (χ0v) is 9.56. The summed E-state index contributed by atoms with van der Waals surface area (Å²) in [6, 6.07) is 5.22. The van der Waals surface area contributed by atoms with E-state index in [2.05, 4.69) is 10.6 Å². The maximum Gasteiger partial charge on any atom is 0.323 e. The van der Waals surface area contributed by atoms with Crippen molar-refractivity contribution >= 4 is 17.4 Å². The van der Waals surface area contributed by atoms with Crippen LogP contribution < -0.4 is 10.6 Å². The number of hydrogen-bond acceptors (Lipinski definition) is 3. The molecule has 0 fully saturated rings. The lowest BCUT2D eigenvalue weighted by molar-refractivity contribution is -0.384. The van der Waals surface area contributed by atoms with E-state index < -0.39 is 4.92 Å². The van der Waals surface area contributed by atoms with Gasteiger partial charge in [0.25, 0.3) is 5.69 Å². The molecule has 17 heavy (non-hydrogen) atoms. The van der Waals surface area contributed by atoms with Gasteiger partial charge in [-0.1, -0.05) is 5.57 Å². The fraction of sp³-hybridized carbons (Fsp3) is 0.182. The molecule has 0 aliphatic rings. The monoisotopic (exact) mass is 235 g/mol. The summed E-state index contributed by atoms with van der Waals surface area (Å²) in [5.74, 6) is 0. The Morgan fingerprint density at radius 3 is 2.35 bits per heavy atom. The number of nitro groups is 1. The second-order valence-electron chi connectivity index (χ2n) is 3.62. The van der Waals surface area contributed by atoms with Crippen LogP contribution in [-0.4, -0.2) is 11.0 Å². The van der Waals surface area contributed by atoms with Crippen LogP contribution in [0.25, 0.3) is 0 Å². The predicted octanol–water partition coefficient (Wildman–Crippen LogP) is 2.64. The molecule has 2 N–H and O–H groups in total. The summed E-state index contributed by atoms with van der Waals surface area (Å²) in [6.45, 7) is 3.71. The second kappa shape index (κ2) is 5.64. The van der Waals surface area contributed by atoms with Crippen LogP contribution >= 0.6 is 0 Å². The highest BCUT2D eigenvalue weighted by molar-refractivity contribution is 5.89. The number of carbonyl (C=O) groups excluding carboxylic acids is 1. The van der Waals surface area contributed by atoms with Crippen molar-refractivity contribution in [2.24, 2.45) is 0 Å². The number of benzene rings is 1. The number of allylic oxidation sites excluding steroid dienone is 1. The van der Waals surface area contributed by atoms with Crippen molar-refractivity contribution in [3.8, 4) is 0 Å². The van der Waals surface area contributed by atoms with Gasteiger partial charge in [-0.3, -0.25) is 10.1 Å². The maximum absolute atomic E-state index is 11.3. The summed E-state index contributed by atoms with van der Waals surface area (Å²) in [7, 11) is 0. The van der Waals surface area contributed by atoms with E-state index in [-0.39, 0.29) is 11.7 Å². The first-order valence-electron chi connectivity index (χ1n) is 4.94. The van der Waals surface area contributed by atoms with E-state index in [1.165, 1.54) is 24.3 Å². The van der Waals surface area contributed by atoms with Gasteiger partial charge in [-0.05, 0) is 26.0 Å². The number of amides is 2. The molecule has 0 saturated heterocycles. The van der Waals surface area contributed by atoms with E-state index in [1.807, 2.05) is 13.8 Å². The lowest BCUT2D eigenvalue weighted by Gasteiger charge is -2.04. The van der Waals surface area contributed by atoms with E-state index >= 15 is 0 Å². The molecule has 1 aromatic rings. The molecule has 6 nitrogen and oxygen atoms in total. The Kier molecular flexibility index (Phi) is 4.21. The highest BCUT2D eigenvalue weighted by Crippen LogP contribution is 2.15. The summed E-state index contributed by atoms with van der Waals surface area (Å²) >= 11 is 0. The number of hydrogen-bond donors (Lipinski definition) is 2. The van der Waals surface area contributed by atoms with Gasteiger partial charge in [0, 0.05) is 24.0 Å². The highest BCUT2D eigenvalue weighted by Gasteiger charge is 2.05. The van der Waals surface area contributed by atoms with Gasteiger partial charge in [0.2, 0.25) is 0 Å².